The highest BCUT2D eigenvalue weighted by Gasteiger charge is 2.44. The fourth-order valence-corrected chi connectivity index (χ4v) is 5.68. The van der Waals surface area contributed by atoms with Crippen molar-refractivity contribution in [2.75, 3.05) is 0 Å². The minimum Gasteiger partial charge on any atom is -0.223 e. The van der Waals surface area contributed by atoms with Crippen LogP contribution in [-0.4, -0.2) is 23.0 Å². The summed E-state index contributed by atoms with van der Waals surface area (Å²) in [5, 5.41) is 9.19. The highest BCUT2D eigenvalue weighted by molar-refractivity contribution is 7.91. The van der Waals surface area contributed by atoms with Gasteiger partial charge in [0.25, 0.3) is 10.0 Å². The lowest BCUT2D eigenvalue weighted by atomic mass is 9.55. The second-order valence-corrected chi connectivity index (χ2v) is 11.4. The van der Waals surface area contributed by atoms with Crippen molar-refractivity contribution in [1.29, 1.82) is 0 Å². The van der Waals surface area contributed by atoms with Gasteiger partial charge in [-0.25, -0.2) is 23.1 Å². The molecule has 0 saturated heterocycles. The number of hydrogen-bond donors (Lipinski definition) is 1. The Morgan fingerprint density at radius 1 is 1.27 bits per heavy atom. The van der Waals surface area contributed by atoms with E-state index >= 15 is 0 Å². The third-order valence-corrected chi connectivity index (χ3v) is 8.18. The summed E-state index contributed by atoms with van der Waals surface area (Å²) in [5.74, 6) is 0.561. The smallest absolute Gasteiger partial charge is 0.223 e. The predicted molar refractivity (Wildman–Crippen MR) is 103 cm³/mol. The number of imidazole rings is 1. The van der Waals surface area contributed by atoms with Crippen LogP contribution in [0.5, 0.6) is 0 Å². The van der Waals surface area contributed by atoms with Crippen LogP contribution in [0, 0.1) is 16.7 Å². The molecule has 2 N–H and O–H groups in total. The van der Waals surface area contributed by atoms with E-state index in [9.17, 15) is 8.42 Å². The molecule has 1 saturated carbocycles. The standard InChI is InChI=1S/C18H24N4O2S2/c1-17(2)7-8-18(3,4)13-9-11(5-6-12(13)17)14-10-22-15(20-14)25-16(21-22)26(19,23)24/h5,9-10,12H,6-8H2,1-4H3,(H2,19,23,24). The maximum Gasteiger partial charge on any atom is 0.267 e. The Bertz CT molecular complexity index is 1020. The molecule has 2 aliphatic rings. The van der Waals surface area contributed by atoms with E-state index < -0.39 is 10.0 Å². The number of aromatic nitrogens is 3. The Kier molecular flexibility index (Phi) is 3.78. The van der Waals surface area contributed by atoms with Crippen LogP contribution in [0.25, 0.3) is 10.5 Å². The van der Waals surface area contributed by atoms with Crippen molar-refractivity contribution >= 4 is 31.9 Å². The minimum atomic E-state index is -3.80. The van der Waals surface area contributed by atoms with E-state index in [4.69, 9.17) is 5.14 Å². The first-order valence-electron chi connectivity index (χ1n) is 8.79. The fraction of sp³-hybridized carbons (Fsp3) is 0.556. The van der Waals surface area contributed by atoms with Crippen LogP contribution in [0.15, 0.2) is 28.3 Å². The third-order valence-electron chi connectivity index (χ3n) is 5.94. The molecule has 0 radical (unpaired) electrons. The van der Waals surface area contributed by atoms with Crippen LogP contribution in [0.3, 0.4) is 0 Å². The normalized spacial score (nSPS) is 24.9. The van der Waals surface area contributed by atoms with Crippen molar-refractivity contribution in [2.45, 2.75) is 51.3 Å². The van der Waals surface area contributed by atoms with Crippen LogP contribution >= 0.6 is 11.3 Å². The number of nitrogens with two attached hydrogens (primary N) is 1. The zero-order valence-electron chi connectivity index (χ0n) is 15.5. The van der Waals surface area contributed by atoms with Gasteiger partial charge in [-0.1, -0.05) is 56.8 Å². The first-order valence-corrected chi connectivity index (χ1v) is 11.2. The fourth-order valence-electron chi connectivity index (χ4n) is 4.17. The van der Waals surface area contributed by atoms with Gasteiger partial charge in [0.15, 0.2) is 0 Å². The summed E-state index contributed by atoms with van der Waals surface area (Å²) in [6, 6.07) is 0. The lowest BCUT2D eigenvalue weighted by molar-refractivity contribution is 0.124. The van der Waals surface area contributed by atoms with E-state index in [0.717, 1.165) is 29.0 Å². The van der Waals surface area contributed by atoms with E-state index in [1.807, 2.05) is 0 Å². The number of allylic oxidation sites excluding steroid dienone is 4. The monoisotopic (exact) mass is 392 g/mol. The van der Waals surface area contributed by atoms with Crippen molar-refractivity contribution in [3.05, 3.63) is 29.6 Å². The molecule has 2 aliphatic carbocycles. The quantitative estimate of drug-likeness (QED) is 0.845. The molecule has 0 spiro atoms. The first-order chi connectivity index (χ1) is 12.0. The van der Waals surface area contributed by atoms with Crippen molar-refractivity contribution in [1.82, 2.24) is 14.6 Å². The zero-order chi connectivity index (χ0) is 18.9. The van der Waals surface area contributed by atoms with Crippen LogP contribution in [0.2, 0.25) is 0 Å². The van der Waals surface area contributed by atoms with Gasteiger partial charge in [0.05, 0.1) is 11.9 Å². The predicted octanol–water partition coefficient (Wildman–Crippen LogP) is 3.61. The minimum absolute atomic E-state index is 0.113. The molecule has 6 nitrogen and oxygen atoms in total. The number of sulfonamides is 1. The molecule has 1 fully saturated rings. The summed E-state index contributed by atoms with van der Waals surface area (Å²) in [6.45, 7) is 9.39. The van der Waals surface area contributed by atoms with E-state index in [0.29, 0.717) is 16.3 Å². The van der Waals surface area contributed by atoms with Gasteiger partial charge < -0.3 is 0 Å². The maximum absolute atomic E-state index is 11.4. The Morgan fingerprint density at radius 3 is 2.65 bits per heavy atom. The van der Waals surface area contributed by atoms with Crippen molar-refractivity contribution in [3.63, 3.8) is 0 Å². The van der Waals surface area contributed by atoms with Gasteiger partial charge in [-0.15, -0.1) is 5.10 Å². The van der Waals surface area contributed by atoms with Crippen molar-refractivity contribution < 1.29 is 8.42 Å². The Labute approximate surface area is 157 Å². The van der Waals surface area contributed by atoms with Gasteiger partial charge in [0.1, 0.15) is 0 Å². The molecule has 2 aromatic rings. The number of primary sulfonamides is 1. The van der Waals surface area contributed by atoms with Crippen LogP contribution in [0.4, 0.5) is 0 Å². The molecule has 1 atom stereocenters. The van der Waals surface area contributed by atoms with Crippen LogP contribution in [0.1, 0.15) is 52.7 Å². The summed E-state index contributed by atoms with van der Waals surface area (Å²) in [7, 11) is -3.80. The van der Waals surface area contributed by atoms with Crippen molar-refractivity contribution in [2.24, 2.45) is 21.9 Å². The van der Waals surface area contributed by atoms with Crippen LogP contribution in [-0.2, 0) is 10.0 Å². The lowest BCUT2D eigenvalue weighted by Gasteiger charge is -2.49. The second kappa shape index (κ2) is 5.50. The van der Waals surface area contributed by atoms with E-state index in [-0.39, 0.29) is 9.75 Å². The molecule has 0 aliphatic heterocycles. The summed E-state index contributed by atoms with van der Waals surface area (Å²) in [4.78, 5) is 5.11. The molecule has 0 amide bonds. The molecule has 4 rings (SSSR count). The molecule has 2 heterocycles. The van der Waals surface area contributed by atoms with E-state index in [1.54, 1.807) is 6.20 Å². The molecule has 2 aromatic heterocycles. The molecule has 0 aromatic carbocycles. The maximum atomic E-state index is 11.4. The summed E-state index contributed by atoms with van der Waals surface area (Å²) >= 11 is 0.991. The van der Waals surface area contributed by atoms with Gasteiger partial charge in [-0.3, -0.25) is 0 Å². The number of nitrogens with zero attached hydrogens (tertiary/aromatic N) is 3. The van der Waals surface area contributed by atoms with Gasteiger partial charge >= 0.3 is 0 Å². The summed E-state index contributed by atoms with van der Waals surface area (Å²) in [6.07, 6.45) is 9.77. The van der Waals surface area contributed by atoms with E-state index in [2.05, 4.69) is 49.9 Å². The van der Waals surface area contributed by atoms with Gasteiger partial charge in [0.2, 0.25) is 9.30 Å². The molecule has 26 heavy (non-hydrogen) atoms. The van der Waals surface area contributed by atoms with Crippen molar-refractivity contribution in [3.8, 4) is 0 Å². The number of rotatable bonds is 2. The average molecular weight is 393 g/mol. The van der Waals surface area contributed by atoms with E-state index in [1.165, 1.54) is 22.9 Å². The number of hydrogen-bond acceptors (Lipinski definition) is 5. The lowest BCUT2D eigenvalue weighted by Crippen LogP contribution is -2.39. The largest absolute Gasteiger partial charge is 0.267 e. The molecule has 0 bridgehead atoms. The molecule has 8 heteroatoms. The second-order valence-electron chi connectivity index (χ2n) is 8.69. The number of fused-ring (bicyclic) bond motifs is 2. The Balaban J connectivity index is 1.73. The topological polar surface area (TPSA) is 90.4 Å². The SMILES string of the molecule is CC1(C)CCC(C)(C)C2CC=C(c3cn4nc(S(N)(=O)=O)sc4n3)C=C21. The third kappa shape index (κ3) is 2.84. The highest BCUT2D eigenvalue weighted by Crippen LogP contribution is 2.55. The molecular formula is C18H24N4O2S2. The average Bonchev–Trinajstić information content (AvgIpc) is 3.10. The molecule has 1 unspecified atom stereocenters. The van der Waals surface area contributed by atoms with Crippen LogP contribution < -0.4 is 5.14 Å². The zero-order valence-corrected chi connectivity index (χ0v) is 17.1. The Hall–Kier alpha value is -1.51. The highest BCUT2D eigenvalue weighted by atomic mass is 32.2. The molecular weight excluding hydrogens is 368 g/mol. The van der Waals surface area contributed by atoms with Gasteiger partial charge in [-0.05, 0) is 41.6 Å². The molecule has 140 valence electrons. The summed E-state index contributed by atoms with van der Waals surface area (Å²) in [5.41, 5.74) is 3.92. The van der Waals surface area contributed by atoms with Gasteiger partial charge in [-0.2, -0.15) is 0 Å². The van der Waals surface area contributed by atoms with Gasteiger partial charge in [0, 0.05) is 0 Å². The Morgan fingerprint density at radius 2 is 2.00 bits per heavy atom. The first kappa shape index (κ1) is 17.9. The summed E-state index contributed by atoms with van der Waals surface area (Å²) < 4.78 is 24.3.